The van der Waals surface area contributed by atoms with Crippen LogP contribution >= 0.6 is 0 Å². The van der Waals surface area contributed by atoms with E-state index in [1.165, 1.54) is 24.3 Å². The van der Waals surface area contributed by atoms with Crippen molar-refractivity contribution in [2.45, 2.75) is 39.9 Å². The first-order valence-corrected chi connectivity index (χ1v) is 9.72. The second kappa shape index (κ2) is 7.70. The van der Waals surface area contributed by atoms with Crippen LogP contribution in [0.4, 0.5) is 13.2 Å². The van der Waals surface area contributed by atoms with Crippen molar-refractivity contribution in [2.75, 3.05) is 0 Å². The van der Waals surface area contributed by atoms with Crippen molar-refractivity contribution in [2.24, 2.45) is 0 Å². The largest absolute Gasteiger partial charge is 0.534 e. The van der Waals surface area contributed by atoms with Crippen LogP contribution < -0.4 is 5.19 Å². The molecule has 0 amide bonds. The molecule has 0 aliphatic heterocycles. The van der Waals surface area contributed by atoms with Gasteiger partial charge in [-0.3, -0.25) is 0 Å². The fourth-order valence-corrected chi connectivity index (χ4v) is 4.66. The van der Waals surface area contributed by atoms with E-state index in [1.807, 2.05) is 0 Å². The van der Waals surface area contributed by atoms with Crippen LogP contribution in [-0.2, 0) is 8.85 Å². The lowest BCUT2D eigenvalue weighted by Crippen LogP contribution is -2.56. The third-order valence-corrected chi connectivity index (χ3v) is 5.98. The van der Waals surface area contributed by atoms with E-state index in [4.69, 9.17) is 8.85 Å². The van der Waals surface area contributed by atoms with Crippen molar-refractivity contribution < 1.29 is 26.8 Å². The van der Waals surface area contributed by atoms with Gasteiger partial charge < -0.3 is 13.6 Å². The Morgan fingerprint density at radius 2 is 1.28 bits per heavy atom. The molecule has 0 atom stereocenters. The summed E-state index contributed by atoms with van der Waals surface area (Å²) in [5.41, 5.74) is -0.100. The Bertz CT molecular complexity index is 700. The third-order valence-electron chi connectivity index (χ3n) is 3.34. The van der Waals surface area contributed by atoms with Crippen LogP contribution in [-0.4, -0.2) is 25.8 Å². The summed E-state index contributed by atoms with van der Waals surface area (Å²) in [6.07, 6.45) is -0.524. The lowest BCUT2D eigenvalue weighted by atomic mass is 10.0. The minimum absolute atomic E-state index is 0.226. The molecule has 0 aliphatic rings. The van der Waals surface area contributed by atoms with E-state index in [2.05, 4.69) is 0 Å². The SMILES string of the molecule is CC(C)O[Si](O)(OC(C)C)c1ccc(-c2c(F)cc(F)cc2F)cc1. The first kappa shape index (κ1) is 19.6. The highest BCUT2D eigenvalue weighted by molar-refractivity contribution is 6.74. The van der Waals surface area contributed by atoms with Crippen LogP contribution in [0.1, 0.15) is 27.7 Å². The highest BCUT2D eigenvalue weighted by Gasteiger charge is 2.41. The molecule has 0 radical (unpaired) electrons. The average molecular weight is 370 g/mol. The van der Waals surface area contributed by atoms with E-state index in [9.17, 15) is 18.0 Å². The van der Waals surface area contributed by atoms with Gasteiger partial charge in [0.2, 0.25) is 0 Å². The molecule has 2 rings (SSSR count). The second-order valence-electron chi connectivity index (χ2n) is 6.24. The molecule has 2 aromatic rings. The van der Waals surface area contributed by atoms with Gasteiger partial charge in [0.1, 0.15) is 17.5 Å². The molecule has 0 fully saturated rings. The molecule has 136 valence electrons. The second-order valence-corrected chi connectivity index (χ2v) is 8.45. The minimum atomic E-state index is -3.66. The number of hydrogen-bond donors (Lipinski definition) is 1. The van der Waals surface area contributed by atoms with Crippen molar-refractivity contribution in [1.82, 2.24) is 0 Å². The Balaban J connectivity index is 2.41. The molecule has 2 aromatic carbocycles. The lowest BCUT2D eigenvalue weighted by Gasteiger charge is -2.28. The Labute approximate surface area is 146 Å². The molecule has 0 saturated carbocycles. The maximum absolute atomic E-state index is 13.9. The van der Waals surface area contributed by atoms with E-state index >= 15 is 0 Å². The fraction of sp³-hybridized carbons (Fsp3) is 0.333. The Hall–Kier alpha value is -1.67. The fourth-order valence-electron chi connectivity index (χ4n) is 2.47. The summed E-state index contributed by atoms with van der Waals surface area (Å²) in [6, 6.07) is 7.16. The molecule has 0 aromatic heterocycles. The first-order chi connectivity index (χ1) is 11.6. The highest BCUT2D eigenvalue weighted by Crippen LogP contribution is 2.26. The van der Waals surface area contributed by atoms with Gasteiger partial charge in [0, 0.05) is 29.5 Å². The van der Waals surface area contributed by atoms with Crippen molar-refractivity contribution in [1.29, 1.82) is 0 Å². The molecule has 7 heteroatoms. The molecule has 0 aliphatic carbocycles. The van der Waals surface area contributed by atoms with Gasteiger partial charge in [-0.1, -0.05) is 24.3 Å². The molecular formula is C18H21F3O3Si. The molecule has 0 spiro atoms. The maximum atomic E-state index is 13.9. The van der Waals surface area contributed by atoms with Crippen LogP contribution in [0.3, 0.4) is 0 Å². The molecular weight excluding hydrogens is 349 g/mol. The van der Waals surface area contributed by atoms with Crippen LogP contribution in [0.15, 0.2) is 36.4 Å². The van der Waals surface area contributed by atoms with Crippen molar-refractivity contribution in [3.63, 3.8) is 0 Å². The molecule has 0 heterocycles. The van der Waals surface area contributed by atoms with Gasteiger partial charge in [-0.2, -0.15) is 0 Å². The van der Waals surface area contributed by atoms with Gasteiger partial charge in [0.15, 0.2) is 0 Å². The van der Waals surface area contributed by atoms with Crippen molar-refractivity contribution in [3.05, 3.63) is 53.8 Å². The van der Waals surface area contributed by atoms with Gasteiger partial charge in [0.25, 0.3) is 0 Å². The predicted molar refractivity (Wildman–Crippen MR) is 91.8 cm³/mol. The van der Waals surface area contributed by atoms with Crippen LogP contribution in [0, 0.1) is 17.5 Å². The quantitative estimate of drug-likeness (QED) is 0.787. The molecule has 3 nitrogen and oxygen atoms in total. The minimum Gasteiger partial charge on any atom is -0.386 e. The smallest absolute Gasteiger partial charge is 0.386 e. The maximum Gasteiger partial charge on any atom is 0.534 e. The zero-order valence-electron chi connectivity index (χ0n) is 14.5. The van der Waals surface area contributed by atoms with E-state index in [-0.39, 0.29) is 23.3 Å². The summed E-state index contributed by atoms with van der Waals surface area (Å²) in [5, 5.41) is 0.418. The normalized spacial score (nSPS) is 12.2. The van der Waals surface area contributed by atoms with Crippen molar-refractivity contribution >= 4 is 14.0 Å². The van der Waals surface area contributed by atoms with E-state index in [1.54, 1.807) is 27.7 Å². The van der Waals surface area contributed by atoms with E-state index < -0.39 is 26.3 Å². The molecule has 25 heavy (non-hydrogen) atoms. The first-order valence-electron chi connectivity index (χ1n) is 7.96. The Kier molecular flexibility index (Phi) is 6.05. The average Bonchev–Trinajstić information content (AvgIpc) is 2.44. The summed E-state index contributed by atoms with van der Waals surface area (Å²) in [4.78, 5) is 10.8. The van der Waals surface area contributed by atoms with Gasteiger partial charge >= 0.3 is 8.80 Å². The predicted octanol–water partition coefficient (Wildman–Crippen LogP) is 3.76. The van der Waals surface area contributed by atoms with Crippen LogP contribution in [0.5, 0.6) is 0 Å². The number of benzene rings is 2. The van der Waals surface area contributed by atoms with Gasteiger partial charge in [-0.25, -0.2) is 13.2 Å². The molecule has 0 saturated heterocycles. The Morgan fingerprint density at radius 3 is 1.68 bits per heavy atom. The third kappa shape index (κ3) is 4.69. The summed E-state index contributed by atoms with van der Waals surface area (Å²) in [7, 11) is -3.66. The standard InChI is InChI=1S/C18H21F3O3Si/c1-11(2)23-25(22,24-12(3)4)15-7-5-13(6-8-15)18-16(20)9-14(19)10-17(18)21/h5-12,22H,1-4H3. The van der Waals surface area contributed by atoms with Gasteiger partial charge in [0.05, 0.1) is 5.56 Å². The van der Waals surface area contributed by atoms with Gasteiger partial charge in [-0.05, 0) is 33.3 Å². The van der Waals surface area contributed by atoms with Gasteiger partial charge in [-0.15, -0.1) is 0 Å². The Morgan fingerprint density at radius 1 is 0.840 bits per heavy atom. The lowest BCUT2D eigenvalue weighted by molar-refractivity contribution is 0.0605. The summed E-state index contributed by atoms with van der Waals surface area (Å²) in [5.74, 6) is -2.96. The van der Waals surface area contributed by atoms with E-state index in [0.29, 0.717) is 17.3 Å². The summed E-state index contributed by atoms with van der Waals surface area (Å²) in [6.45, 7) is 7.11. The van der Waals surface area contributed by atoms with E-state index in [0.717, 1.165) is 0 Å². The topological polar surface area (TPSA) is 38.7 Å². The zero-order valence-corrected chi connectivity index (χ0v) is 15.5. The number of halogens is 3. The number of rotatable bonds is 6. The monoisotopic (exact) mass is 370 g/mol. The summed E-state index contributed by atoms with van der Waals surface area (Å²) < 4.78 is 52.1. The highest BCUT2D eigenvalue weighted by atomic mass is 28.4. The zero-order chi connectivity index (χ0) is 18.8. The summed E-state index contributed by atoms with van der Waals surface area (Å²) >= 11 is 0. The molecule has 0 unspecified atom stereocenters. The number of hydrogen-bond acceptors (Lipinski definition) is 3. The molecule has 0 bridgehead atoms. The van der Waals surface area contributed by atoms with Crippen LogP contribution in [0.2, 0.25) is 0 Å². The van der Waals surface area contributed by atoms with Crippen molar-refractivity contribution in [3.8, 4) is 11.1 Å². The molecule has 1 N–H and O–H groups in total. The van der Waals surface area contributed by atoms with Crippen LogP contribution in [0.25, 0.3) is 11.1 Å².